The molecule has 6 N–H and O–H groups in total. The second-order valence-corrected chi connectivity index (χ2v) is 18.4. The molecule has 2 aromatic carbocycles. The highest BCUT2D eigenvalue weighted by Gasteiger charge is 2.28. The van der Waals surface area contributed by atoms with E-state index in [0.29, 0.717) is 80.2 Å². The largest absolute Gasteiger partial charge is 0.457 e. The molecule has 0 spiro atoms. The van der Waals surface area contributed by atoms with Crippen LogP contribution in [0.1, 0.15) is 44.6 Å². The van der Waals surface area contributed by atoms with E-state index < -0.39 is 24.4 Å². The molecule has 1 aliphatic rings. The summed E-state index contributed by atoms with van der Waals surface area (Å²) in [4.78, 5) is 71.4. The fourth-order valence-corrected chi connectivity index (χ4v) is 7.98. The van der Waals surface area contributed by atoms with Gasteiger partial charge in [-0.1, -0.05) is 37.1 Å². The lowest BCUT2D eigenvalue weighted by molar-refractivity contribution is -0.127. The Morgan fingerprint density at radius 1 is 0.590 bits per heavy atom. The van der Waals surface area contributed by atoms with Gasteiger partial charge in [0.25, 0.3) is 0 Å². The molecule has 83 heavy (non-hydrogen) atoms. The number of anilines is 1. The van der Waals surface area contributed by atoms with Gasteiger partial charge in [0, 0.05) is 63.4 Å². The second kappa shape index (κ2) is 41.6. The third kappa shape index (κ3) is 28.0. The van der Waals surface area contributed by atoms with E-state index in [1.807, 2.05) is 59.3 Å². The molecule has 26 nitrogen and oxygen atoms in total. The molecule has 5 rings (SSSR count). The summed E-state index contributed by atoms with van der Waals surface area (Å²) in [6, 6.07) is 16.9. The maximum atomic E-state index is 13.2. The topological polar surface area (TPSA) is 308 Å². The number of alkyl halides is 1. The Hall–Kier alpha value is -7.33. The zero-order valence-electron chi connectivity index (χ0n) is 46.9. The first-order chi connectivity index (χ1) is 40.7. The third-order valence-electron chi connectivity index (χ3n) is 11.8. The van der Waals surface area contributed by atoms with E-state index in [0.717, 1.165) is 49.8 Å². The van der Waals surface area contributed by atoms with Crippen LogP contribution in [0.5, 0.6) is 11.5 Å². The molecule has 5 amide bonds. The Morgan fingerprint density at radius 3 is 1.72 bits per heavy atom. The van der Waals surface area contributed by atoms with Crippen molar-refractivity contribution in [3.63, 3.8) is 0 Å². The van der Waals surface area contributed by atoms with E-state index in [-0.39, 0.29) is 111 Å². The number of piperidine rings is 1. The number of benzene rings is 2. The van der Waals surface area contributed by atoms with Gasteiger partial charge in [0.05, 0.1) is 84.1 Å². The maximum Gasteiger partial charge on any atom is 0.407 e. The summed E-state index contributed by atoms with van der Waals surface area (Å²) in [5.74, 6) is 2.21. The minimum Gasteiger partial charge on any atom is -0.457 e. The Morgan fingerprint density at radius 2 is 1.12 bits per heavy atom. The van der Waals surface area contributed by atoms with E-state index in [4.69, 9.17) is 74.5 Å². The van der Waals surface area contributed by atoms with Gasteiger partial charge in [0.2, 0.25) is 5.91 Å². The number of nitrogen functional groups attached to an aromatic ring is 1. The summed E-state index contributed by atoms with van der Waals surface area (Å²) in [7, 11) is 0. The summed E-state index contributed by atoms with van der Waals surface area (Å²) in [6.07, 6.45) is 10.7. The molecule has 27 heteroatoms. The molecule has 0 aliphatic carbocycles. The van der Waals surface area contributed by atoms with Crippen LogP contribution in [0, 0.1) is 0 Å². The molecule has 2 aromatic heterocycles. The van der Waals surface area contributed by atoms with E-state index >= 15 is 0 Å². The quantitative estimate of drug-likeness (QED) is 0.0113. The number of hydrogen-bond acceptors (Lipinski definition) is 20. The predicted octanol–water partition coefficient (Wildman–Crippen LogP) is 5.95. The smallest absolute Gasteiger partial charge is 0.407 e. The Labute approximate surface area is 488 Å². The third-order valence-corrected chi connectivity index (χ3v) is 12.1. The predicted molar refractivity (Wildman–Crippen MR) is 306 cm³/mol. The lowest BCUT2D eigenvalue weighted by atomic mass is 10.1. The van der Waals surface area contributed by atoms with Gasteiger partial charge in [-0.15, -0.1) is 11.6 Å². The van der Waals surface area contributed by atoms with Gasteiger partial charge in [0.15, 0.2) is 5.65 Å². The molecule has 4 aromatic rings. The molecule has 0 bridgehead atoms. The van der Waals surface area contributed by atoms with Crippen LogP contribution in [0.25, 0.3) is 22.3 Å². The number of carbonyl (C=O) groups excluding carboxylic acids is 5. The number of nitrogens with two attached hydrogens (primary N) is 1. The minimum absolute atomic E-state index is 0.00321. The fourth-order valence-electron chi connectivity index (χ4n) is 7.79. The molecule has 1 fully saturated rings. The molecule has 0 saturated carbocycles. The number of fused-ring (bicyclic) bond motifs is 1. The molecule has 3 heterocycles. The lowest BCUT2D eigenvalue weighted by Crippen LogP contribution is -2.40. The van der Waals surface area contributed by atoms with Crippen molar-refractivity contribution in [1.82, 2.24) is 45.9 Å². The number of likely N-dealkylation sites (tertiary alicyclic amines) is 1. The SMILES string of the molecule is Nc1ncnc2c1c(-c1ccc(Oc3ccccc3)cc1)nn2C1CCCN(C(=O)/C=C/CNC(=O)OCCOCCOCCNC(=O)OC/C=C\COC(=O)NCCOCCOCCOC(=O)NCCOCCOCCCCCCCl)C1. The lowest BCUT2D eigenvalue weighted by Gasteiger charge is -2.32. The number of carbonyl (C=O) groups is 5. The van der Waals surface area contributed by atoms with Crippen LogP contribution in [0.3, 0.4) is 0 Å². The first-order valence-corrected chi connectivity index (χ1v) is 28.3. The van der Waals surface area contributed by atoms with Crippen molar-refractivity contribution in [2.24, 2.45) is 0 Å². The molecule has 1 unspecified atom stereocenters. The summed E-state index contributed by atoms with van der Waals surface area (Å²) < 4.78 is 60.6. The van der Waals surface area contributed by atoms with Crippen molar-refractivity contribution in [3.8, 4) is 22.8 Å². The monoisotopic (exact) mass is 1180 g/mol. The molecule has 456 valence electrons. The minimum atomic E-state index is -0.662. The Kier molecular flexibility index (Phi) is 33.3. The van der Waals surface area contributed by atoms with Gasteiger partial charge < -0.3 is 84.0 Å². The summed E-state index contributed by atoms with van der Waals surface area (Å²) >= 11 is 5.66. The summed E-state index contributed by atoms with van der Waals surface area (Å²) in [6.45, 7) is 5.66. The van der Waals surface area contributed by atoms with Crippen LogP contribution in [0.15, 0.2) is 85.2 Å². The zero-order chi connectivity index (χ0) is 58.8. The number of amides is 5. The van der Waals surface area contributed by atoms with Crippen molar-refractivity contribution in [2.75, 3.05) is 157 Å². The molecule has 0 radical (unpaired) electrons. The van der Waals surface area contributed by atoms with Crippen LogP contribution in [-0.4, -0.2) is 206 Å². The molecular weight excluding hydrogens is 1100 g/mol. The van der Waals surface area contributed by atoms with Gasteiger partial charge in [0.1, 0.15) is 55.8 Å². The number of rotatable bonds is 41. The van der Waals surface area contributed by atoms with Crippen molar-refractivity contribution >= 4 is 58.7 Å². The van der Waals surface area contributed by atoms with Crippen LogP contribution in [-0.2, 0) is 52.2 Å². The first kappa shape index (κ1) is 66.5. The van der Waals surface area contributed by atoms with Crippen LogP contribution in [0.4, 0.5) is 25.0 Å². The normalized spacial score (nSPS) is 13.3. The average Bonchev–Trinajstić information content (AvgIpc) is 3.03. The van der Waals surface area contributed by atoms with E-state index in [1.165, 1.54) is 24.6 Å². The number of ether oxygens (including phenoxy) is 11. The maximum absolute atomic E-state index is 13.2. The van der Waals surface area contributed by atoms with Gasteiger partial charge in [-0.3, -0.25) is 4.79 Å². The molecule has 1 atom stereocenters. The Balaban J connectivity index is 0.773. The number of para-hydroxylation sites is 1. The molecular formula is C56H79ClN10O16. The number of nitrogens with one attached hydrogen (secondary N) is 4. The van der Waals surface area contributed by atoms with Crippen LogP contribution in [0.2, 0.25) is 0 Å². The standard InChI is InChI=1S/C56H79ClN10O16/c57-20-6-1-2-7-26-73-32-33-74-31-24-62-56(72)82-41-39-78-37-35-76-30-23-61-55(71)80-28-9-8-27-79-54(70)60-22-29-75-34-36-77-38-40-81-53(69)59-21-10-15-48(68)66-25-11-12-45(42-66)67-52-49(51(58)63-43-64-52)50(65-67)44-16-18-47(19-17-44)83-46-13-4-3-5-14-46/h3-5,8-10,13-19,43,45H,1-2,6-7,11-12,20-42H2,(H,59,69)(H,60,70)(H,61,71)(H,62,72)(H2,58,63,64)/b9-8-,15-10+. The number of aromatic nitrogens is 4. The van der Waals surface area contributed by atoms with Crippen molar-refractivity contribution < 1.29 is 76.1 Å². The number of halogens is 1. The van der Waals surface area contributed by atoms with Crippen molar-refractivity contribution in [3.05, 3.63) is 85.2 Å². The number of hydrogen-bond donors (Lipinski definition) is 5. The van der Waals surface area contributed by atoms with Crippen LogP contribution >= 0.6 is 11.6 Å². The number of alkyl carbamates (subject to hydrolysis) is 4. The zero-order valence-corrected chi connectivity index (χ0v) is 47.6. The van der Waals surface area contributed by atoms with Crippen molar-refractivity contribution in [2.45, 2.75) is 44.6 Å². The van der Waals surface area contributed by atoms with E-state index in [1.54, 1.807) is 11.0 Å². The summed E-state index contributed by atoms with van der Waals surface area (Å²) in [5, 5.41) is 15.9. The fraction of sp³-hybridized carbons (Fsp3) is 0.536. The van der Waals surface area contributed by atoms with Crippen molar-refractivity contribution in [1.29, 1.82) is 0 Å². The summed E-state index contributed by atoms with van der Waals surface area (Å²) in [5.41, 5.74) is 8.41. The highest BCUT2D eigenvalue weighted by molar-refractivity contribution is 6.17. The van der Waals surface area contributed by atoms with Gasteiger partial charge >= 0.3 is 24.4 Å². The molecule has 1 saturated heterocycles. The van der Waals surface area contributed by atoms with E-state index in [2.05, 4.69) is 31.2 Å². The van der Waals surface area contributed by atoms with E-state index in [9.17, 15) is 24.0 Å². The van der Waals surface area contributed by atoms with Crippen LogP contribution < -0.4 is 31.7 Å². The number of unbranched alkanes of at least 4 members (excludes halogenated alkanes) is 3. The van der Waals surface area contributed by atoms with Gasteiger partial charge in [-0.2, -0.15) is 5.10 Å². The average molecular weight is 1180 g/mol. The first-order valence-electron chi connectivity index (χ1n) is 27.8. The van der Waals surface area contributed by atoms with Gasteiger partial charge in [-0.25, -0.2) is 33.8 Å². The molecule has 1 aliphatic heterocycles. The van der Waals surface area contributed by atoms with Gasteiger partial charge in [-0.05, 0) is 74.2 Å². The number of nitrogens with zero attached hydrogens (tertiary/aromatic N) is 5. The second-order valence-electron chi connectivity index (χ2n) is 18.1. The Bertz CT molecular complexity index is 2550. The highest BCUT2D eigenvalue weighted by atomic mass is 35.5. The highest BCUT2D eigenvalue weighted by Crippen LogP contribution is 2.35.